The molecular weight excluding hydrogens is 456 g/mol. The molecule has 1 aliphatic rings. The largest absolute Gasteiger partial charge is 0.298 e. The predicted molar refractivity (Wildman–Crippen MR) is 122 cm³/mol. The van der Waals surface area contributed by atoms with Gasteiger partial charge in [-0.15, -0.1) is 11.3 Å². The Morgan fingerprint density at radius 2 is 2.03 bits per heavy atom. The smallest absolute Gasteiger partial charge is 0.257 e. The van der Waals surface area contributed by atoms with Crippen LogP contribution in [0.5, 0.6) is 0 Å². The van der Waals surface area contributed by atoms with Gasteiger partial charge in [-0.3, -0.25) is 15.1 Å². The summed E-state index contributed by atoms with van der Waals surface area (Å²) in [4.78, 5) is 21.1. The summed E-state index contributed by atoms with van der Waals surface area (Å²) in [6.45, 7) is 2.93. The Morgan fingerprint density at radius 3 is 2.77 bits per heavy atom. The molecule has 1 unspecified atom stereocenters. The van der Waals surface area contributed by atoms with Gasteiger partial charge in [0.2, 0.25) is 10.0 Å². The molecule has 7 nitrogen and oxygen atoms in total. The standard InChI is InChI=1S/C21H21ClN4O3S2/c1-14-3-2-10-26(12-14)31(28,29)19-11-16(4-5-17(19)22)20(27)25-21-24-18(13-30-21)15-6-8-23-9-7-15/h4-9,11,13-14H,2-3,10,12H2,1H3,(H,24,25,27). The van der Waals surface area contributed by atoms with Crippen molar-refractivity contribution in [3.8, 4) is 11.3 Å². The minimum Gasteiger partial charge on any atom is -0.298 e. The maximum absolute atomic E-state index is 13.1. The second-order valence-corrected chi connectivity index (χ2v) is 10.7. The van der Waals surface area contributed by atoms with Crippen LogP contribution < -0.4 is 5.32 Å². The van der Waals surface area contributed by atoms with Gasteiger partial charge in [0.05, 0.1) is 10.7 Å². The van der Waals surface area contributed by atoms with E-state index in [4.69, 9.17) is 11.6 Å². The first-order valence-electron chi connectivity index (χ1n) is 9.81. The van der Waals surface area contributed by atoms with Crippen molar-refractivity contribution in [2.75, 3.05) is 18.4 Å². The number of thiazole rings is 1. The number of anilines is 1. The Labute approximate surface area is 190 Å². The number of piperidine rings is 1. The van der Waals surface area contributed by atoms with E-state index < -0.39 is 15.9 Å². The van der Waals surface area contributed by atoms with Crippen molar-refractivity contribution in [3.05, 3.63) is 58.7 Å². The molecule has 1 saturated heterocycles. The lowest BCUT2D eigenvalue weighted by Crippen LogP contribution is -2.39. The SMILES string of the molecule is CC1CCCN(S(=O)(=O)c2cc(C(=O)Nc3nc(-c4ccncc4)cs3)ccc2Cl)C1. The Kier molecular flexibility index (Phi) is 6.38. The number of nitrogens with zero attached hydrogens (tertiary/aromatic N) is 3. The summed E-state index contributed by atoms with van der Waals surface area (Å²) in [5.74, 6) is -0.163. The highest BCUT2D eigenvalue weighted by atomic mass is 35.5. The number of hydrogen-bond donors (Lipinski definition) is 1. The Hall–Kier alpha value is -2.33. The maximum Gasteiger partial charge on any atom is 0.257 e. The van der Waals surface area contributed by atoms with Crippen LogP contribution in [0.2, 0.25) is 5.02 Å². The zero-order valence-corrected chi connectivity index (χ0v) is 19.2. The Morgan fingerprint density at radius 1 is 1.26 bits per heavy atom. The predicted octanol–water partition coefficient (Wildman–Crippen LogP) is 4.53. The van der Waals surface area contributed by atoms with Gasteiger partial charge in [-0.2, -0.15) is 4.31 Å². The van der Waals surface area contributed by atoms with Gasteiger partial charge in [-0.25, -0.2) is 13.4 Å². The van der Waals surface area contributed by atoms with E-state index in [2.05, 4.69) is 15.3 Å². The Bertz CT molecular complexity index is 1200. The van der Waals surface area contributed by atoms with Crippen molar-refractivity contribution in [2.24, 2.45) is 5.92 Å². The van der Waals surface area contributed by atoms with Gasteiger partial charge in [0.1, 0.15) is 4.90 Å². The molecular formula is C21H21ClN4O3S2. The monoisotopic (exact) mass is 476 g/mol. The molecule has 2 aromatic heterocycles. The van der Waals surface area contributed by atoms with E-state index in [1.807, 2.05) is 24.4 Å². The van der Waals surface area contributed by atoms with Crippen LogP contribution in [0.4, 0.5) is 5.13 Å². The summed E-state index contributed by atoms with van der Waals surface area (Å²) in [6.07, 6.45) is 5.15. The minimum absolute atomic E-state index is 0.0486. The number of sulfonamides is 1. The van der Waals surface area contributed by atoms with Gasteiger partial charge >= 0.3 is 0 Å². The third kappa shape index (κ3) is 4.79. The molecule has 0 bridgehead atoms. The van der Waals surface area contributed by atoms with E-state index in [0.29, 0.717) is 18.2 Å². The van der Waals surface area contributed by atoms with Crippen molar-refractivity contribution < 1.29 is 13.2 Å². The van der Waals surface area contributed by atoms with Crippen molar-refractivity contribution >= 4 is 44.0 Å². The number of aromatic nitrogens is 2. The Balaban J connectivity index is 1.55. The normalized spacial score (nSPS) is 17.4. The molecule has 0 aliphatic carbocycles. The molecule has 3 aromatic rings. The number of pyridine rings is 1. The second-order valence-electron chi connectivity index (χ2n) is 7.48. The molecule has 4 rings (SSSR count). The third-order valence-electron chi connectivity index (χ3n) is 5.13. The van der Waals surface area contributed by atoms with E-state index in [1.165, 1.54) is 33.8 Å². The maximum atomic E-state index is 13.1. The molecule has 1 aliphatic heterocycles. The molecule has 0 radical (unpaired) electrons. The number of carbonyl (C=O) groups excluding carboxylic acids is 1. The van der Waals surface area contributed by atoms with Crippen molar-refractivity contribution in [1.29, 1.82) is 0 Å². The average Bonchev–Trinajstić information content (AvgIpc) is 3.23. The number of nitrogens with one attached hydrogen (secondary N) is 1. The van der Waals surface area contributed by atoms with Crippen LogP contribution in [0.25, 0.3) is 11.3 Å². The van der Waals surface area contributed by atoms with E-state index in [9.17, 15) is 13.2 Å². The molecule has 0 spiro atoms. The van der Waals surface area contributed by atoms with Crippen molar-refractivity contribution in [2.45, 2.75) is 24.7 Å². The first kappa shape index (κ1) is 21.9. The number of amides is 1. The number of halogens is 1. The number of hydrogen-bond acceptors (Lipinski definition) is 6. The fourth-order valence-corrected chi connectivity index (χ4v) is 6.32. The highest BCUT2D eigenvalue weighted by Crippen LogP contribution is 2.30. The van der Waals surface area contributed by atoms with Crippen molar-refractivity contribution in [1.82, 2.24) is 14.3 Å². The number of carbonyl (C=O) groups is 1. The number of rotatable bonds is 5. The summed E-state index contributed by atoms with van der Waals surface area (Å²) in [7, 11) is -3.78. The van der Waals surface area contributed by atoms with Crippen LogP contribution in [-0.4, -0.2) is 41.7 Å². The third-order valence-corrected chi connectivity index (χ3v) is 8.24. The quantitative estimate of drug-likeness (QED) is 0.584. The zero-order valence-electron chi connectivity index (χ0n) is 16.8. The molecule has 1 aromatic carbocycles. The first-order chi connectivity index (χ1) is 14.8. The first-order valence-corrected chi connectivity index (χ1v) is 12.5. The lowest BCUT2D eigenvalue weighted by Gasteiger charge is -2.30. The molecule has 1 atom stereocenters. The summed E-state index contributed by atoms with van der Waals surface area (Å²) in [5, 5.41) is 5.09. The van der Waals surface area contributed by atoms with Gasteiger partial charge in [-0.05, 0) is 49.1 Å². The fraction of sp³-hybridized carbons (Fsp3) is 0.286. The minimum atomic E-state index is -3.78. The van der Waals surface area contributed by atoms with Crippen LogP contribution in [0.1, 0.15) is 30.1 Å². The van der Waals surface area contributed by atoms with Crippen LogP contribution in [0.3, 0.4) is 0 Å². The van der Waals surface area contributed by atoms with Gasteiger partial charge < -0.3 is 0 Å². The van der Waals surface area contributed by atoms with Gasteiger partial charge in [-0.1, -0.05) is 18.5 Å². The van der Waals surface area contributed by atoms with Crippen LogP contribution in [-0.2, 0) is 10.0 Å². The van der Waals surface area contributed by atoms with E-state index in [-0.39, 0.29) is 21.4 Å². The second kappa shape index (κ2) is 9.04. The summed E-state index contributed by atoms with van der Waals surface area (Å²) < 4.78 is 27.7. The van der Waals surface area contributed by atoms with Gasteiger partial charge in [0.15, 0.2) is 5.13 Å². The van der Waals surface area contributed by atoms with Gasteiger partial charge in [0, 0.05) is 42.0 Å². The lowest BCUT2D eigenvalue weighted by atomic mass is 10.0. The molecule has 1 N–H and O–H groups in total. The van der Waals surface area contributed by atoms with Crippen molar-refractivity contribution in [3.63, 3.8) is 0 Å². The summed E-state index contributed by atoms with van der Waals surface area (Å²) >= 11 is 7.51. The fourth-order valence-electron chi connectivity index (χ4n) is 3.50. The molecule has 1 amide bonds. The van der Waals surface area contributed by atoms with Crippen LogP contribution >= 0.6 is 22.9 Å². The van der Waals surface area contributed by atoms with E-state index >= 15 is 0 Å². The number of benzene rings is 1. The van der Waals surface area contributed by atoms with E-state index in [1.54, 1.807) is 12.4 Å². The van der Waals surface area contributed by atoms with Crippen LogP contribution in [0.15, 0.2) is 53.0 Å². The molecule has 1 fully saturated rings. The highest BCUT2D eigenvalue weighted by molar-refractivity contribution is 7.89. The van der Waals surface area contributed by atoms with Gasteiger partial charge in [0.25, 0.3) is 5.91 Å². The summed E-state index contributed by atoms with van der Waals surface area (Å²) in [6, 6.07) is 7.95. The molecule has 0 saturated carbocycles. The van der Waals surface area contributed by atoms with Crippen LogP contribution in [0, 0.1) is 5.92 Å². The topological polar surface area (TPSA) is 92.3 Å². The molecule has 162 valence electrons. The molecule has 10 heteroatoms. The average molecular weight is 477 g/mol. The van der Waals surface area contributed by atoms with E-state index in [0.717, 1.165) is 24.1 Å². The highest BCUT2D eigenvalue weighted by Gasteiger charge is 2.31. The zero-order chi connectivity index (χ0) is 22.0. The molecule has 3 heterocycles. The summed E-state index contributed by atoms with van der Waals surface area (Å²) in [5.41, 5.74) is 1.82. The molecule has 31 heavy (non-hydrogen) atoms. The lowest BCUT2D eigenvalue weighted by molar-refractivity contribution is 0.102.